The summed E-state index contributed by atoms with van der Waals surface area (Å²) in [7, 11) is 2.45. The van der Waals surface area contributed by atoms with Gasteiger partial charge in [0.2, 0.25) is 0 Å². The second-order valence-corrected chi connectivity index (χ2v) is 3.70. The molecule has 0 radical (unpaired) electrons. The van der Waals surface area contributed by atoms with Crippen LogP contribution in [-0.2, 0) is 19.1 Å². The molecule has 92 valence electrons. The van der Waals surface area contributed by atoms with Gasteiger partial charge in [0.15, 0.2) is 0 Å². The first-order valence-corrected chi connectivity index (χ1v) is 5.07. The van der Waals surface area contributed by atoms with Crippen LogP contribution < -0.4 is 0 Å². The Morgan fingerprint density at radius 2 is 2.00 bits per heavy atom. The molecule has 1 aliphatic rings. The quantitative estimate of drug-likeness (QED) is 0.536. The van der Waals surface area contributed by atoms with Crippen molar-refractivity contribution in [2.45, 2.75) is 12.5 Å². The first kappa shape index (κ1) is 13.3. The summed E-state index contributed by atoms with van der Waals surface area (Å²) in [6, 6.07) is 0. The summed E-state index contributed by atoms with van der Waals surface area (Å²) in [6.07, 6.45) is 5.73. The number of carbonyl (C=O) groups excluding carboxylic acids is 2. The molecule has 0 heterocycles. The fourth-order valence-electron chi connectivity index (χ4n) is 1.84. The van der Waals surface area contributed by atoms with Crippen molar-refractivity contribution in [1.82, 2.24) is 0 Å². The van der Waals surface area contributed by atoms with Gasteiger partial charge in [-0.2, -0.15) is 0 Å². The molecule has 0 aromatic heterocycles. The molecule has 0 aromatic carbocycles. The predicted molar refractivity (Wildman–Crippen MR) is 58.6 cm³/mol. The van der Waals surface area contributed by atoms with Crippen LogP contribution in [-0.4, -0.2) is 37.4 Å². The van der Waals surface area contributed by atoms with Gasteiger partial charge in [0, 0.05) is 5.57 Å². The van der Waals surface area contributed by atoms with Gasteiger partial charge in [0.1, 0.15) is 0 Å². The van der Waals surface area contributed by atoms with Gasteiger partial charge in [-0.15, -0.1) is 6.42 Å². The average molecular weight is 238 g/mol. The van der Waals surface area contributed by atoms with Crippen molar-refractivity contribution in [2.24, 2.45) is 11.8 Å². The molecule has 0 fully saturated rings. The molecule has 1 aliphatic carbocycles. The SMILES string of the molecule is C#CC1=C[C@H](C(=O)OC)[C@@H](C(=O)OC)C[C@@H]1O. The number of ether oxygens (including phenoxy) is 2. The minimum absolute atomic E-state index is 0.0580. The van der Waals surface area contributed by atoms with Crippen molar-refractivity contribution in [3.8, 4) is 12.3 Å². The van der Waals surface area contributed by atoms with E-state index in [1.54, 1.807) is 0 Å². The molecule has 0 spiro atoms. The molecule has 0 aromatic rings. The fourth-order valence-corrected chi connectivity index (χ4v) is 1.84. The molecular formula is C12H14O5. The van der Waals surface area contributed by atoms with Crippen LogP contribution in [0.15, 0.2) is 11.6 Å². The van der Waals surface area contributed by atoms with Crippen LogP contribution in [0.3, 0.4) is 0 Å². The summed E-state index contributed by atoms with van der Waals surface area (Å²) >= 11 is 0. The molecule has 0 saturated heterocycles. The Morgan fingerprint density at radius 1 is 1.41 bits per heavy atom. The number of aliphatic hydroxyl groups is 1. The second-order valence-electron chi connectivity index (χ2n) is 3.70. The van der Waals surface area contributed by atoms with E-state index in [1.807, 2.05) is 0 Å². The van der Waals surface area contributed by atoms with Crippen molar-refractivity contribution >= 4 is 11.9 Å². The number of methoxy groups -OCH3 is 2. The van der Waals surface area contributed by atoms with E-state index in [4.69, 9.17) is 6.42 Å². The monoisotopic (exact) mass is 238 g/mol. The van der Waals surface area contributed by atoms with Crippen LogP contribution in [0.4, 0.5) is 0 Å². The van der Waals surface area contributed by atoms with Crippen LogP contribution >= 0.6 is 0 Å². The Kier molecular flexibility index (Phi) is 4.30. The molecule has 3 atom stereocenters. The number of aliphatic hydroxyl groups excluding tert-OH is 1. The Balaban J connectivity index is 3.07. The van der Waals surface area contributed by atoms with Gasteiger partial charge in [0.05, 0.1) is 32.2 Å². The van der Waals surface area contributed by atoms with Crippen molar-refractivity contribution < 1.29 is 24.2 Å². The van der Waals surface area contributed by atoms with Crippen LogP contribution in [0.25, 0.3) is 0 Å². The normalized spacial score (nSPS) is 27.6. The van der Waals surface area contributed by atoms with Crippen LogP contribution in [0.1, 0.15) is 6.42 Å². The summed E-state index contributed by atoms with van der Waals surface area (Å²) in [5.41, 5.74) is 0.292. The Labute approximate surface area is 99.4 Å². The fraction of sp³-hybridized carbons (Fsp3) is 0.500. The molecule has 1 N–H and O–H groups in total. The van der Waals surface area contributed by atoms with Gasteiger partial charge in [-0.1, -0.05) is 12.0 Å². The molecular weight excluding hydrogens is 224 g/mol. The maximum Gasteiger partial charge on any atom is 0.313 e. The van der Waals surface area contributed by atoms with Crippen molar-refractivity contribution in [2.75, 3.05) is 14.2 Å². The zero-order valence-electron chi connectivity index (χ0n) is 9.67. The molecule has 0 saturated carbocycles. The summed E-state index contributed by atoms with van der Waals surface area (Å²) in [4.78, 5) is 23.1. The van der Waals surface area contributed by atoms with E-state index in [0.717, 1.165) is 0 Å². The molecule has 0 unspecified atom stereocenters. The third kappa shape index (κ3) is 2.66. The lowest BCUT2D eigenvalue weighted by molar-refractivity contribution is -0.157. The standard InChI is InChI=1S/C12H14O5/c1-4-7-5-8(11(14)16-2)9(6-10(7)13)12(15)17-3/h1,5,8-10,13H,6H2,2-3H3/t8-,9-,10-/m0/s1. The zero-order chi connectivity index (χ0) is 13.0. The van der Waals surface area contributed by atoms with Gasteiger partial charge in [0.25, 0.3) is 0 Å². The summed E-state index contributed by atoms with van der Waals surface area (Å²) in [5, 5.41) is 9.69. The number of carbonyl (C=O) groups is 2. The van der Waals surface area contributed by atoms with Crippen LogP contribution in [0.2, 0.25) is 0 Å². The highest BCUT2D eigenvalue weighted by Crippen LogP contribution is 2.30. The van der Waals surface area contributed by atoms with Crippen LogP contribution in [0.5, 0.6) is 0 Å². The van der Waals surface area contributed by atoms with Gasteiger partial charge in [-0.25, -0.2) is 0 Å². The van der Waals surface area contributed by atoms with E-state index in [9.17, 15) is 14.7 Å². The number of hydrogen-bond acceptors (Lipinski definition) is 5. The molecule has 0 amide bonds. The van der Waals surface area contributed by atoms with E-state index < -0.39 is 29.9 Å². The second kappa shape index (κ2) is 5.51. The van der Waals surface area contributed by atoms with E-state index in [-0.39, 0.29) is 6.42 Å². The maximum atomic E-state index is 11.5. The minimum Gasteiger partial charge on any atom is -0.469 e. The molecule has 5 heteroatoms. The topological polar surface area (TPSA) is 72.8 Å². The van der Waals surface area contributed by atoms with E-state index >= 15 is 0 Å². The maximum absolute atomic E-state index is 11.5. The van der Waals surface area contributed by atoms with E-state index in [0.29, 0.717) is 5.57 Å². The van der Waals surface area contributed by atoms with Gasteiger partial charge in [-0.3, -0.25) is 9.59 Å². The highest BCUT2D eigenvalue weighted by Gasteiger charge is 2.39. The van der Waals surface area contributed by atoms with Crippen LogP contribution in [0, 0.1) is 24.2 Å². The largest absolute Gasteiger partial charge is 0.469 e. The third-order valence-corrected chi connectivity index (χ3v) is 2.77. The molecule has 1 rings (SSSR count). The highest BCUT2D eigenvalue weighted by molar-refractivity contribution is 5.84. The molecule has 5 nitrogen and oxygen atoms in total. The van der Waals surface area contributed by atoms with E-state index in [2.05, 4.69) is 15.4 Å². The van der Waals surface area contributed by atoms with E-state index in [1.165, 1.54) is 20.3 Å². The highest BCUT2D eigenvalue weighted by atomic mass is 16.5. The summed E-state index contributed by atoms with van der Waals surface area (Å²) in [5.74, 6) is -0.409. The van der Waals surface area contributed by atoms with Gasteiger partial charge < -0.3 is 14.6 Å². The lowest BCUT2D eigenvalue weighted by Gasteiger charge is -2.28. The van der Waals surface area contributed by atoms with Crippen molar-refractivity contribution in [3.05, 3.63) is 11.6 Å². The number of rotatable bonds is 2. The number of terminal acetylenes is 1. The van der Waals surface area contributed by atoms with Gasteiger partial charge >= 0.3 is 11.9 Å². The number of hydrogen-bond donors (Lipinski definition) is 1. The lowest BCUT2D eigenvalue weighted by atomic mass is 9.79. The Hall–Kier alpha value is -1.80. The first-order valence-electron chi connectivity index (χ1n) is 5.07. The van der Waals surface area contributed by atoms with Crippen molar-refractivity contribution in [3.63, 3.8) is 0 Å². The predicted octanol–water partition coefficient (Wildman–Crippen LogP) is -0.111. The molecule has 0 bridgehead atoms. The lowest BCUT2D eigenvalue weighted by Crippen LogP contribution is -2.37. The first-order chi connectivity index (χ1) is 8.04. The summed E-state index contributed by atoms with van der Waals surface area (Å²) in [6.45, 7) is 0. The average Bonchev–Trinajstić information content (AvgIpc) is 2.36. The smallest absolute Gasteiger partial charge is 0.313 e. The van der Waals surface area contributed by atoms with Gasteiger partial charge in [-0.05, 0) is 6.42 Å². The minimum atomic E-state index is -0.926. The third-order valence-electron chi connectivity index (χ3n) is 2.77. The number of esters is 2. The molecule has 0 aliphatic heterocycles. The van der Waals surface area contributed by atoms with Crippen molar-refractivity contribution in [1.29, 1.82) is 0 Å². The Morgan fingerprint density at radius 3 is 2.47 bits per heavy atom. The summed E-state index contributed by atoms with van der Waals surface area (Å²) < 4.78 is 9.19. The Bertz CT molecular complexity index is 390. The zero-order valence-corrected chi connectivity index (χ0v) is 9.67. The molecule has 17 heavy (non-hydrogen) atoms.